The van der Waals surface area contributed by atoms with Crippen molar-refractivity contribution in [1.82, 2.24) is 9.88 Å². The number of aryl methyl sites for hydroxylation is 1. The summed E-state index contributed by atoms with van der Waals surface area (Å²) in [6.45, 7) is 6.63. The molecule has 0 atom stereocenters. The third-order valence-electron chi connectivity index (χ3n) is 6.41. The first-order valence-corrected chi connectivity index (χ1v) is 10.8. The highest BCUT2D eigenvalue weighted by atomic mass is 19.1. The molecule has 0 spiro atoms. The van der Waals surface area contributed by atoms with Crippen LogP contribution in [-0.4, -0.2) is 42.6 Å². The smallest absolute Gasteiger partial charge is 0.253 e. The van der Waals surface area contributed by atoms with Crippen LogP contribution < -0.4 is 15.8 Å². The second kappa shape index (κ2) is 7.96. The van der Waals surface area contributed by atoms with Gasteiger partial charge in [0.05, 0.1) is 16.6 Å². The second-order valence-electron chi connectivity index (χ2n) is 8.53. The molecule has 5 nitrogen and oxygen atoms in total. The number of piperazine rings is 1. The zero-order valence-electron chi connectivity index (χ0n) is 17.6. The van der Waals surface area contributed by atoms with E-state index in [1.54, 1.807) is 12.1 Å². The number of benzene rings is 2. The Morgan fingerprint density at radius 1 is 1.06 bits per heavy atom. The van der Waals surface area contributed by atoms with Crippen LogP contribution in [0, 0.1) is 18.6 Å². The summed E-state index contributed by atoms with van der Waals surface area (Å²) in [6.07, 6.45) is 1.55. The minimum absolute atomic E-state index is 0.130. The fourth-order valence-corrected chi connectivity index (χ4v) is 4.86. The Balaban J connectivity index is 1.34. The molecule has 0 aliphatic carbocycles. The predicted octanol–water partition coefficient (Wildman–Crippen LogP) is 3.80. The summed E-state index contributed by atoms with van der Waals surface area (Å²) in [5.74, 6) is -0.511. The van der Waals surface area contributed by atoms with Gasteiger partial charge in [0.1, 0.15) is 11.6 Å². The summed E-state index contributed by atoms with van der Waals surface area (Å²) >= 11 is 0. The molecule has 7 heteroatoms. The highest BCUT2D eigenvalue weighted by molar-refractivity contribution is 5.94. The Kier molecular flexibility index (Phi) is 5.14. The van der Waals surface area contributed by atoms with Crippen molar-refractivity contribution in [2.75, 3.05) is 42.9 Å². The molecule has 2 N–H and O–H groups in total. The van der Waals surface area contributed by atoms with Crippen molar-refractivity contribution in [3.8, 4) is 0 Å². The topological polar surface area (TPSA) is 51.4 Å². The Labute approximate surface area is 179 Å². The first-order valence-electron chi connectivity index (χ1n) is 10.8. The Morgan fingerprint density at radius 3 is 2.65 bits per heavy atom. The number of hydrogen-bond donors (Lipinski definition) is 2. The fourth-order valence-electron chi connectivity index (χ4n) is 4.86. The average Bonchev–Trinajstić information content (AvgIpc) is 2.74. The molecule has 0 radical (unpaired) electrons. The van der Waals surface area contributed by atoms with Gasteiger partial charge in [0.15, 0.2) is 0 Å². The van der Waals surface area contributed by atoms with E-state index >= 15 is 4.39 Å². The van der Waals surface area contributed by atoms with E-state index in [0.717, 1.165) is 56.0 Å². The summed E-state index contributed by atoms with van der Waals surface area (Å²) in [5.41, 5.74) is 4.57. The predicted molar refractivity (Wildman–Crippen MR) is 120 cm³/mol. The van der Waals surface area contributed by atoms with Crippen molar-refractivity contribution in [3.63, 3.8) is 0 Å². The molecule has 0 bridgehead atoms. The molecule has 0 amide bonds. The molecule has 3 heterocycles. The zero-order chi connectivity index (χ0) is 21.5. The molecule has 3 aromatic rings. The molecule has 162 valence electrons. The maximum atomic E-state index is 15.1. The van der Waals surface area contributed by atoms with Gasteiger partial charge in [-0.05, 0) is 61.2 Å². The first-order chi connectivity index (χ1) is 15.0. The van der Waals surface area contributed by atoms with Crippen LogP contribution in [0.1, 0.15) is 23.1 Å². The van der Waals surface area contributed by atoms with Crippen LogP contribution in [0.25, 0.3) is 10.9 Å². The number of nitrogens with one attached hydrogen (secondary N) is 2. The molecule has 31 heavy (non-hydrogen) atoms. The molecule has 0 saturated carbocycles. The van der Waals surface area contributed by atoms with Crippen molar-refractivity contribution >= 4 is 22.3 Å². The average molecular weight is 424 g/mol. The van der Waals surface area contributed by atoms with Crippen molar-refractivity contribution in [1.29, 1.82) is 0 Å². The monoisotopic (exact) mass is 424 g/mol. The molecule has 1 saturated heterocycles. The number of fused-ring (bicyclic) bond motifs is 3. The van der Waals surface area contributed by atoms with Gasteiger partial charge < -0.3 is 15.2 Å². The molecule has 5 rings (SSSR count). The Hall–Kier alpha value is -2.93. The summed E-state index contributed by atoms with van der Waals surface area (Å²) in [7, 11) is 0. The first kappa shape index (κ1) is 20.0. The summed E-state index contributed by atoms with van der Waals surface area (Å²) in [5, 5.41) is 3.70. The standard InChI is InChI=1S/C24H26F2N4O/c1-15-11-17(25)4-5-21(15)30-9-7-29(8-10-30)14-16-12-19(26)22-20(13-16)28-24(31)18-3-2-6-27-23(18)22/h4-5,11-13,27H,2-3,6-10,14H2,1H3,(H,28,31). The zero-order valence-corrected chi connectivity index (χ0v) is 17.6. The molecule has 2 aliphatic rings. The van der Waals surface area contributed by atoms with Crippen LogP contribution in [0.5, 0.6) is 0 Å². The summed E-state index contributed by atoms with van der Waals surface area (Å²) in [6, 6.07) is 8.39. The van der Waals surface area contributed by atoms with E-state index in [1.807, 2.05) is 19.1 Å². The quantitative estimate of drug-likeness (QED) is 0.672. The van der Waals surface area contributed by atoms with E-state index in [-0.39, 0.29) is 17.2 Å². The van der Waals surface area contributed by atoms with Crippen molar-refractivity contribution in [2.45, 2.75) is 26.3 Å². The van der Waals surface area contributed by atoms with Crippen molar-refractivity contribution in [2.24, 2.45) is 0 Å². The van der Waals surface area contributed by atoms with Gasteiger partial charge in [-0.25, -0.2) is 8.78 Å². The lowest BCUT2D eigenvalue weighted by Gasteiger charge is -2.37. The van der Waals surface area contributed by atoms with Crippen molar-refractivity contribution < 1.29 is 8.78 Å². The number of H-pyrrole nitrogens is 1. The number of nitrogens with zero attached hydrogens (tertiary/aromatic N) is 2. The lowest BCUT2D eigenvalue weighted by Crippen LogP contribution is -2.46. The van der Waals surface area contributed by atoms with Gasteiger partial charge in [-0.2, -0.15) is 0 Å². The van der Waals surface area contributed by atoms with Gasteiger partial charge >= 0.3 is 0 Å². The van der Waals surface area contributed by atoms with Crippen LogP contribution >= 0.6 is 0 Å². The van der Waals surface area contributed by atoms with Crippen LogP contribution in [-0.2, 0) is 13.0 Å². The molecule has 2 aromatic carbocycles. The third kappa shape index (κ3) is 3.78. The molecule has 0 unspecified atom stereocenters. The van der Waals surface area contributed by atoms with E-state index in [4.69, 9.17) is 0 Å². The molecular weight excluding hydrogens is 398 g/mol. The lowest BCUT2D eigenvalue weighted by atomic mass is 10.00. The number of anilines is 2. The van der Waals surface area contributed by atoms with E-state index in [0.29, 0.717) is 35.1 Å². The molecule has 1 fully saturated rings. The third-order valence-corrected chi connectivity index (χ3v) is 6.41. The van der Waals surface area contributed by atoms with Crippen molar-refractivity contribution in [3.05, 3.63) is 69.0 Å². The van der Waals surface area contributed by atoms with E-state index in [1.165, 1.54) is 6.07 Å². The number of aromatic nitrogens is 1. The molecule has 1 aromatic heterocycles. The lowest BCUT2D eigenvalue weighted by molar-refractivity contribution is 0.249. The van der Waals surface area contributed by atoms with Crippen LogP contribution in [0.3, 0.4) is 0 Å². The van der Waals surface area contributed by atoms with Crippen LogP contribution in [0.15, 0.2) is 35.1 Å². The van der Waals surface area contributed by atoms with Gasteiger partial charge in [-0.1, -0.05) is 0 Å². The van der Waals surface area contributed by atoms with Gasteiger partial charge in [-0.3, -0.25) is 9.69 Å². The maximum absolute atomic E-state index is 15.1. The van der Waals surface area contributed by atoms with Gasteiger partial charge in [0, 0.05) is 50.5 Å². The summed E-state index contributed by atoms with van der Waals surface area (Å²) in [4.78, 5) is 19.9. The number of rotatable bonds is 3. The van der Waals surface area contributed by atoms with Crippen LogP contribution in [0.2, 0.25) is 0 Å². The number of pyridine rings is 1. The minimum atomic E-state index is -0.296. The van der Waals surface area contributed by atoms with Crippen LogP contribution in [0.4, 0.5) is 20.2 Å². The van der Waals surface area contributed by atoms with E-state index < -0.39 is 0 Å². The number of halogens is 2. The molecular formula is C24H26F2N4O. The SMILES string of the molecule is Cc1cc(F)ccc1N1CCN(Cc2cc(F)c3c4c(c(=O)[nH]c3c2)CCCN4)CC1. The Bertz CT molecular complexity index is 1200. The second-order valence-corrected chi connectivity index (χ2v) is 8.53. The highest BCUT2D eigenvalue weighted by Crippen LogP contribution is 2.31. The van der Waals surface area contributed by atoms with E-state index in [9.17, 15) is 9.18 Å². The molecule has 2 aliphatic heterocycles. The number of hydrogen-bond acceptors (Lipinski definition) is 4. The largest absolute Gasteiger partial charge is 0.384 e. The van der Waals surface area contributed by atoms with E-state index in [2.05, 4.69) is 20.1 Å². The maximum Gasteiger partial charge on any atom is 0.253 e. The fraction of sp³-hybridized carbons (Fsp3) is 0.375. The number of aromatic amines is 1. The van der Waals surface area contributed by atoms with Gasteiger partial charge in [-0.15, -0.1) is 0 Å². The van der Waals surface area contributed by atoms with Gasteiger partial charge in [0.25, 0.3) is 5.56 Å². The Morgan fingerprint density at radius 2 is 1.87 bits per heavy atom. The highest BCUT2D eigenvalue weighted by Gasteiger charge is 2.22. The minimum Gasteiger partial charge on any atom is -0.384 e. The normalized spacial score (nSPS) is 16.9. The van der Waals surface area contributed by atoms with Gasteiger partial charge in [0.2, 0.25) is 0 Å². The summed E-state index contributed by atoms with van der Waals surface area (Å²) < 4.78 is 28.5.